The van der Waals surface area contributed by atoms with Crippen LogP contribution in [0.3, 0.4) is 0 Å². The molecule has 1 aromatic heterocycles. The number of hydrogen-bond acceptors (Lipinski definition) is 5. The Labute approximate surface area is 102 Å². The van der Waals surface area contributed by atoms with Gasteiger partial charge in [0.1, 0.15) is 17.5 Å². The summed E-state index contributed by atoms with van der Waals surface area (Å²) in [4.78, 5) is 8.58. The number of nitrogen functional groups attached to an aromatic ring is 1. The van der Waals surface area contributed by atoms with Crippen molar-refractivity contribution in [3.05, 3.63) is 11.9 Å². The van der Waals surface area contributed by atoms with Crippen molar-refractivity contribution in [3.63, 3.8) is 0 Å². The molecule has 0 saturated carbocycles. The Morgan fingerprint density at radius 1 is 1.29 bits per heavy atom. The van der Waals surface area contributed by atoms with E-state index >= 15 is 0 Å². The van der Waals surface area contributed by atoms with Crippen LogP contribution < -0.4 is 11.1 Å². The molecule has 0 bridgehead atoms. The Morgan fingerprint density at radius 2 is 2.06 bits per heavy atom. The van der Waals surface area contributed by atoms with Crippen molar-refractivity contribution in [1.29, 1.82) is 0 Å². The molecule has 0 saturated heterocycles. The zero-order chi connectivity index (χ0) is 12.7. The number of unbranched alkanes of at least 4 members (excludes halogenated alkanes) is 2. The molecular formula is C12H22N4O. The summed E-state index contributed by atoms with van der Waals surface area (Å²) < 4.78 is 0. The van der Waals surface area contributed by atoms with Crippen LogP contribution in [0.25, 0.3) is 0 Å². The largest absolute Gasteiger partial charge is 0.396 e. The van der Waals surface area contributed by atoms with E-state index in [2.05, 4.69) is 15.3 Å². The molecule has 0 aromatic carbocycles. The minimum absolute atomic E-state index is 0.262. The van der Waals surface area contributed by atoms with Crippen molar-refractivity contribution in [2.75, 3.05) is 24.2 Å². The van der Waals surface area contributed by atoms with Crippen molar-refractivity contribution in [2.45, 2.75) is 39.0 Å². The number of nitrogens with zero attached hydrogens (tertiary/aromatic N) is 2. The summed E-state index contributed by atoms with van der Waals surface area (Å²) in [6.45, 7) is 5.19. The molecule has 0 aliphatic heterocycles. The molecule has 0 spiro atoms. The van der Waals surface area contributed by atoms with Gasteiger partial charge in [-0.05, 0) is 19.3 Å². The molecule has 5 nitrogen and oxygen atoms in total. The highest BCUT2D eigenvalue weighted by molar-refractivity contribution is 5.44. The maximum absolute atomic E-state index is 8.66. The molecule has 1 aromatic rings. The minimum Gasteiger partial charge on any atom is -0.396 e. The van der Waals surface area contributed by atoms with Gasteiger partial charge in [0.15, 0.2) is 0 Å². The van der Waals surface area contributed by atoms with Gasteiger partial charge in [0, 0.05) is 25.1 Å². The van der Waals surface area contributed by atoms with Gasteiger partial charge in [0.2, 0.25) is 0 Å². The first-order valence-corrected chi connectivity index (χ1v) is 6.12. The summed E-state index contributed by atoms with van der Waals surface area (Å²) >= 11 is 0. The van der Waals surface area contributed by atoms with Gasteiger partial charge in [0.05, 0.1) is 0 Å². The lowest BCUT2D eigenvalue weighted by molar-refractivity contribution is 0.283. The van der Waals surface area contributed by atoms with Crippen LogP contribution in [0.1, 0.15) is 44.9 Å². The van der Waals surface area contributed by atoms with Gasteiger partial charge in [-0.1, -0.05) is 13.8 Å². The molecule has 1 heterocycles. The van der Waals surface area contributed by atoms with Gasteiger partial charge in [0.25, 0.3) is 0 Å². The fourth-order valence-corrected chi connectivity index (χ4v) is 1.46. The lowest BCUT2D eigenvalue weighted by Gasteiger charge is -2.09. The number of hydrogen-bond donors (Lipinski definition) is 3. The molecule has 0 unspecified atom stereocenters. The Bertz CT molecular complexity index is 341. The summed E-state index contributed by atoms with van der Waals surface area (Å²) in [6.07, 6.45) is 2.88. The van der Waals surface area contributed by atoms with Gasteiger partial charge in [-0.25, -0.2) is 9.97 Å². The third-order valence-electron chi connectivity index (χ3n) is 2.42. The smallest absolute Gasteiger partial charge is 0.135 e. The Hall–Kier alpha value is -1.36. The maximum atomic E-state index is 8.66. The number of nitrogens with one attached hydrogen (secondary N) is 1. The summed E-state index contributed by atoms with van der Waals surface area (Å²) in [6, 6.07) is 1.75. The van der Waals surface area contributed by atoms with E-state index in [1.54, 1.807) is 6.07 Å². The number of aliphatic hydroxyl groups is 1. The van der Waals surface area contributed by atoms with Gasteiger partial charge in [-0.2, -0.15) is 0 Å². The third kappa shape index (κ3) is 4.99. The number of anilines is 2. The zero-order valence-corrected chi connectivity index (χ0v) is 10.6. The van der Waals surface area contributed by atoms with Crippen molar-refractivity contribution in [2.24, 2.45) is 0 Å². The lowest BCUT2D eigenvalue weighted by Crippen LogP contribution is -2.08. The van der Waals surface area contributed by atoms with Crippen LogP contribution in [0, 0.1) is 0 Å². The monoisotopic (exact) mass is 238 g/mol. The summed E-state index contributed by atoms with van der Waals surface area (Å²) in [5, 5.41) is 11.9. The Balaban J connectivity index is 2.47. The first-order valence-electron chi connectivity index (χ1n) is 6.12. The molecule has 0 aliphatic carbocycles. The highest BCUT2D eigenvalue weighted by Gasteiger charge is 2.05. The number of aliphatic hydroxyl groups excluding tert-OH is 1. The van der Waals surface area contributed by atoms with E-state index in [9.17, 15) is 0 Å². The van der Waals surface area contributed by atoms with Crippen molar-refractivity contribution >= 4 is 11.6 Å². The average Bonchev–Trinajstić information content (AvgIpc) is 2.28. The molecule has 0 fully saturated rings. The topological polar surface area (TPSA) is 84.1 Å². The molecule has 1 rings (SSSR count). The first kappa shape index (κ1) is 13.7. The zero-order valence-electron chi connectivity index (χ0n) is 10.6. The van der Waals surface area contributed by atoms with Crippen LogP contribution in [0.5, 0.6) is 0 Å². The lowest BCUT2D eigenvalue weighted by atomic mass is 10.2. The van der Waals surface area contributed by atoms with Crippen LogP contribution in [0.2, 0.25) is 0 Å². The SMILES string of the molecule is CC(C)c1nc(N)cc(NCCCCCO)n1. The van der Waals surface area contributed by atoms with Crippen LogP contribution in [-0.4, -0.2) is 28.2 Å². The second-order valence-corrected chi connectivity index (χ2v) is 4.40. The molecule has 17 heavy (non-hydrogen) atoms. The Morgan fingerprint density at radius 3 is 2.71 bits per heavy atom. The van der Waals surface area contributed by atoms with Gasteiger partial charge in [-0.3, -0.25) is 0 Å². The molecular weight excluding hydrogens is 216 g/mol. The van der Waals surface area contributed by atoms with E-state index in [0.29, 0.717) is 5.82 Å². The normalized spacial score (nSPS) is 10.8. The average molecular weight is 238 g/mol. The first-order chi connectivity index (χ1) is 8.13. The summed E-state index contributed by atoms with van der Waals surface area (Å²) in [5.74, 6) is 2.32. The van der Waals surface area contributed by atoms with Crippen molar-refractivity contribution in [3.8, 4) is 0 Å². The molecule has 5 heteroatoms. The minimum atomic E-state index is 0.262. The fraction of sp³-hybridized carbons (Fsp3) is 0.667. The van der Waals surface area contributed by atoms with Gasteiger partial charge < -0.3 is 16.2 Å². The number of aromatic nitrogens is 2. The fourth-order valence-electron chi connectivity index (χ4n) is 1.46. The Kier molecular flexibility index (Phi) is 5.69. The molecule has 0 radical (unpaired) electrons. The standard InChI is InChI=1S/C12H22N4O/c1-9(2)12-15-10(13)8-11(16-12)14-6-4-3-5-7-17/h8-9,17H,3-7H2,1-2H3,(H3,13,14,15,16). The number of rotatable bonds is 7. The molecule has 0 amide bonds. The predicted molar refractivity (Wildman–Crippen MR) is 70.0 cm³/mol. The highest BCUT2D eigenvalue weighted by atomic mass is 16.2. The summed E-state index contributed by atoms with van der Waals surface area (Å²) in [5.41, 5.74) is 5.72. The summed E-state index contributed by atoms with van der Waals surface area (Å²) in [7, 11) is 0. The van der Waals surface area contributed by atoms with Crippen LogP contribution >= 0.6 is 0 Å². The van der Waals surface area contributed by atoms with Gasteiger partial charge in [-0.15, -0.1) is 0 Å². The van der Waals surface area contributed by atoms with Gasteiger partial charge >= 0.3 is 0 Å². The van der Waals surface area contributed by atoms with E-state index in [-0.39, 0.29) is 12.5 Å². The van der Waals surface area contributed by atoms with E-state index in [0.717, 1.165) is 37.4 Å². The van der Waals surface area contributed by atoms with E-state index < -0.39 is 0 Å². The quantitative estimate of drug-likeness (QED) is 0.630. The van der Waals surface area contributed by atoms with Crippen LogP contribution in [0.4, 0.5) is 11.6 Å². The molecule has 0 aliphatic rings. The van der Waals surface area contributed by atoms with Crippen molar-refractivity contribution in [1.82, 2.24) is 9.97 Å². The molecule has 0 atom stereocenters. The second-order valence-electron chi connectivity index (χ2n) is 4.40. The van der Waals surface area contributed by atoms with Crippen molar-refractivity contribution < 1.29 is 5.11 Å². The van der Waals surface area contributed by atoms with E-state index in [4.69, 9.17) is 10.8 Å². The second kappa shape index (κ2) is 7.06. The van der Waals surface area contributed by atoms with E-state index in [1.807, 2.05) is 13.8 Å². The van der Waals surface area contributed by atoms with E-state index in [1.165, 1.54) is 0 Å². The highest BCUT2D eigenvalue weighted by Crippen LogP contribution is 2.15. The molecule has 4 N–H and O–H groups in total. The predicted octanol–water partition coefficient (Wildman–Crippen LogP) is 1.76. The third-order valence-corrected chi connectivity index (χ3v) is 2.42. The van der Waals surface area contributed by atoms with Crippen LogP contribution in [0.15, 0.2) is 6.07 Å². The number of nitrogens with two attached hydrogens (primary N) is 1. The maximum Gasteiger partial charge on any atom is 0.135 e. The van der Waals surface area contributed by atoms with Crippen LogP contribution in [-0.2, 0) is 0 Å². The molecule has 96 valence electrons.